The third-order valence-corrected chi connectivity index (χ3v) is 5.75. The number of thiophene rings is 1. The van der Waals surface area contributed by atoms with Gasteiger partial charge in [0.15, 0.2) is 6.29 Å². The topological polar surface area (TPSA) is 40.9 Å². The van der Waals surface area contributed by atoms with E-state index in [0.29, 0.717) is 10.4 Å². The molecule has 0 spiro atoms. The van der Waals surface area contributed by atoms with Crippen LogP contribution in [0.5, 0.6) is 0 Å². The maximum atomic E-state index is 11.4. The van der Waals surface area contributed by atoms with Crippen molar-refractivity contribution >= 4 is 29.4 Å². The average Bonchev–Trinajstić information content (AvgIpc) is 2.97. The number of rotatable bonds is 4. The molecule has 0 fully saturated rings. The van der Waals surface area contributed by atoms with Crippen LogP contribution in [0.2, 0.25) is 0 Å². The maximum absolute atomic E-state index is 11.4. The summed E-state index contributed by atoms with van der Waals surface area (Å²) >= 11 is 3.09. The molecule has 2 nitrogen and oxygen atoms in total. The van der Waals surface area contributed by atoms with E-state index in [1.54, 1.807) is 11.8 Å². The molecule has 0 atom stereocenters. The minimum Gasteiger partial charge on any atom is -0.297 e. The van der Waals surface area contributed by atoms with Crippen LogP contribution >= 0.6 is 23.1 Å². The standard InChI is InChI=1S/C20H15NOS2/c1-13-17(11-21)20(19(12-22)24-13)15-9-7-14(8-10-15)16-5-3-4-6-18(16)23-2/h3-10,12H,1-2H3. The number of aryl methyl sites for hydroxylation is 1. The molecule has 0 saturated heterocycles. The molecule has 0 aliphatic heterocycles. The first-order chi connectivity index (χ1) is 11.7. The Morgan fingerprint density at radius 2 is 1.75 bits per heavy atom. The minimum atomic E-state index is 0.597. The quantitative estimate of drug-likeness (QED) is 0.442. The van der Waals surface area contributed by atoms with E-state index < -0.39 is 0 Å². The second kappa shape index (κ2) is 7.04. The molecule has 0 aliphatic rings. The van der Waals surface area contributed by atoms with Crippen LogP contribution < -0.4 is 0 Å². The summed E-state index contributed by atoms with van der Waals surface area (Å²) < 4.78 is 0. The van der Waals surface area contributed by atoms with Crippen LogP contribution in [0.1, 0.15) is 20.1 Å². The van der Waals surface area contributed by atoms with Crippen LogP contribution in [0.4, 0.5) is 0 Å². The van der Waals surface area contributed by atoms with Gasteiger partial charge in [0.1, 0.15) is 6.07 Å². The molecule has 3 aromatic rings. The monoisotopic (exact) mass is 349 g/mol. The number of aldehydes is 1. The van der Waals surface area contributed by atoms with Crippen molar-refractivity contribution in [3.63, 3.8) is 0 Å². The SMILES string of the molecule is CSc1ccccc1-c1ccc(-c2c(C=O)sc(C)c2C#N)cc1. The first-order valence-electron chi connectivity index (χ1n) is 7.42. The van der Waals surface area contributed by atoms with Gasteiger partial charge >= 0.3 is 0 Å². The molecule has 118 valence electrons. The van der Waals surface area contributed by atoms with Gasteiger partial charge in [0.05, 0.1) is 10.4 Å². The number of carbonyl (C=O) groups is 1. The maximum Gasteiger partial charge on any atom is 0.160 e. The van der Waals surface area contributed by atoms with Crippen molar-refractivity contribution < 1.29 is 4.79 Å². The molecule has 0 radical (unpaired) electrons. The predicted octanol–water partition coefficient (Wildman–Crippen LogP) is 5.80. The van der Waals surface area contributed by atoms with Gasteiger partial charge in [-0.1, -0.05) is 42.5 Å². The average molecular weight is 349 g/mol. The lowest BCUT2D eigenvalue weighted by atomic mass is 9.98. The van der Waals surface area contributed by atoms with Gasteiger partial charge in [-0.3, -0.25) is 4.79 Å². The van der Waals surface area contributed by atoms with E-state index in [1.165, 1.54) is 21.8 Å². The number of thioether (sulfide) groups is 1. The summed E-state index contributed by atoms with van der Waals surface area (Å²) in [5.41, 5.74) is 4.57. The zero-order valence-electron chi connectivity index (χ0n) is 13.4. The summed E-state index contributed by atoms with van der Waals surface area (Å²) in [5.74, 6) is 0. The van der Waals surface area contributed by atoms with E-state index in [-0.39, 0.29) is 0 Å². The second-order valence-corrected chi connectivity index (χ2v) is 7.38. The summed E-state index contributed by atoms with van der Waals surface area (Å²) in [6, 6.07) is 18.6. The van der Waals surface area contributed by atoms with Crippen molar-refractivity contribution in [1.82, 2.24) is 0 Å². The van der Waals surface area contributed by atoms with Crippen LogP contribution in [-0.4, -0.2) is 12.5 Å². The van der Waals surface area contributed by atoms with Crippen molar-refractivity contribution in [2.45, 2.75) is 11.8 Å². The van der Waals surface area contributed by atoms with Gasteiger partial charge in [-0.15, -0.1) is 23.1 Å². The van der Waals surface area contributed by atoms with Crippen molar-refractivity contribution in [3.05, 3.63) is 63.8 Å². The third-order valence-electron chi connectivity index (χ3n) is 3.92. The third kappa shape index (κ3) is 2.89. The van der Waals surface area contributed by atoms with Crippen molar-refractivity contribution in [1.29, 1.82) is 5.26 Å². The summed E-state index contributed by atoms with van der Waals surface area (Å²) in [4.78, 5) is 14.1. The van der Waals surface area contributed by atoms with E-state index in [0.717, 1.165) is 27.9 Å². The number of hydrogen-bond acceptors (Lipinski definition) is 4. The van der Waals surface area contributed by atoms with Crippen LogP contribution in [-0.2, 0) is 0 Å². The highest BCUT2D eigenvalue weighted by molar-refractivity contribution is 7.98. The molecule has 0 unspecified atom stereocenters. The Bertz CT molecular complexity index is 933. The lowest BCUT2D eigenvalue weighted by Gasteiger charge is -2.09. The molecule has 0 amide bonds. The van der Waals surface area contributed by atoms with E-state index >= 15 is 0 Å². The van der Waals surface area contributed by atoms with Crippen LogP contribution in [0, 0.1) is 18.3 Å². The number of nitrogens with zero attached hydrogens (tertiary/aromatic N) is 1. The fourth-order valence-corrected chi connectivity index (χ4v) is 4.34. The Hall–Kier alpha value is -2.35. The highest BCUT2D eigenvalue weighted by Gasteiger charge is 2.17. The van der Waals surface area contributed by atoms with Gasteiger partial charge in [-0.2, -0.15) is 5.26 Å². The van der Waals surface area contributed by atoms with Crippen LogP contribution in [0.15, 0.2) is 53.4 Å². The van der Waals surface area contributed by atoms with Gasteiger partial charge < -0.3 is 0 Å². The smallest absolute Gasteiger partial charge is 0.160 e. The van der Waals surface area contributed by atoms with Gasteiger partial charge in [0, 0.05) is 15.3 Å². The fourth-order valence-electron chi connectivity index (χ4n) is 2.77. The van der Waals surface area contributed by atoms with Crippen molar-refractivity contribution in [2.24, 2.45) is 0 Å². The molecular formula is C20H15NOS2. The zero-order chi connectivity index (χ0) is 17.1. The summed E-state index contributed by atoms with van der Waals surface area (Å²) in [7, 11) is 0. The zero-order valence-corrected chi connectivity index (χ0v) is 15.0. The van der Waals surface area contributed by atoms with E-state index in [1.807, 2.05) is 43.3 Å². The molecular weight excluding hydrogens is 334 g/mol. The Morgan fingerprint density at radius 3 is 2.38 bits per heavy atom. The van der Waals surface area contributed by atoms with Gasteiger partial charge in [-0.05, 0) is 35.9 Å². The molecule has 3 rings (SSSR count). The molecule has 4 heteroatoms. The normalized spacial score (nSPS) is 10.4. The van der Waals surface area contributed by atoms with Gasteiger partial charge in [0.2, 0.25) is 0 Å². The lowest BCUT2D eigenvalue weighted by Crippen LogP contribution is -1.87. The Balaban J connectivity index is 2.09. The molecule has 0 aliphatic carbocycles. The van der Waals surface area contributed by atoms with Gasteiger partial charge in [0.25, 0.3) is 0 Å². The number of carbonyl (C=O) groups excluding carboxylic acids is 1. The van der Waals surface area contributed by atoms with Gasteiger partial charge in [-0.25, -0.2) is 0 Å². The van der Waals surface area contributed by atoms with E-state index in [4.69, 9.17) is 0 Å². The Morgan fingerprint density at radius 1 is 1.08 bits per heavy atom. The molecule has 0 saturated carbocycles. The van der Waals surface area contributed by atoms with E-state index in [9.17, 15) is 10.1 Å². The second-order valence-electron chi connectivity index (χ2n) is 5.28. The van der Waals surface area contributed by atoms with Crippen molar-refractivity contribution in [2.75, 3.05) is 6.26 Å². The molecule has 0 bridgehead atoms. The predicted molar refractivity (Wildman–Crippen MR) is 102 cm³/mol. The number of nitriles is 1. The molecule has 1 heterocycles. The van der Waals surface area contributed by atoms with Crippen molar-refractivity contribution in [3.8, 4) is 28.3 Å². The minimum absolute atomic E-state index is 0.597. The highest BCUT2D eigenvalue weighted by atomic mass is 32.2. The molecule has 0 N–H and O–H groups in total. The summed E-state index contributed by atoms with van der Waals surface area (Å²) in [5, 5.41) is 9.41. The first kappa shape index (κ1) is 16.5. The van der Waals surface area contributed by atoms with E-state index in [2.05, 4.69) is 24.5 Å². The first-order valence-corrected chi connectivity index (χ1v) is 9.46. The Labute approximate surface area is 149 Å². The van der Waals surface area contributed by atoms with Crippen LogP contribution in [0.3, 0.4) is 0 Å². The molecule has 2 aromatic carbocycles. The van der Waals surface area contributed by atoms with Crippen LogP contribution in [0.25, 0.3) is 22.3 Å². The molecule has 24 heavy (non-hydrogen) atoms. The lowest BCUT2D eigenvalue weighted by molar-refractivity contribution is 0.112. The Kier molecular flexibility index (Phi) is 4.84. The summed E-state index contributed by atoms with van der Waals surface area (Å²) in [6.45, 7) is 1.88. The highest BCUT2D eigenvalue weighted by Crippen LogP contribution is 2.37. The number of hydrogen-bond donors (Lipinski definition) is 0. The summed E-state index contributed by atoms with van der Waals surface area (Å²) in [6.07, 6.45) is 2.90. The largest absolute Gasteiger partial charge is 0.297 e. The fraction of sp³-hybridized carbons (Fsp3) is 0.100. The number of benzene rings is 2. The molecule has 1 aromatic heterocycles.